The predicted octanol–water partition coefficient (Wildman–Crippen LogP) is 4.35. The lowest BCUT2D eigenvalue weighted by Gasteiger charge is -2.13. The van der Waals surface area contributed by atoms with Crippen LogP contribution in [0.3, 0.4) is 0 Å². The molecule has 0 spiro atoms. The van der Waals surface area contributed by atoms with Crippen molar-refractivity contribution in [1.29, 1.82) is 0 Å². The number of rotatable bonds is 9. The Bertz CT molecular complexity index is 1250. The predicted molar refractivity (Wildman–Crippen MR) is 126 cm³/mol. The summed E-state index contributed by atoms with van der Waals surface area (Å²) in [4.78, 5) is 15.5. The van der Waals surface area contributed by atoms with E-state index in [0.29, 0.717) is 11.1 Å². The fourth-order valence-electron chi connectivity index (χ4n) is 3.47. The highest BCUT2D eigenvalue weighted by molar-refractivity contribution is 6.03. The molecule has 0 saturated carbocycles. The maximum Gasteiger partial charge on any atom is 0.389 e. The van der Waals surface area contributed by atoms with Crippen molar-refractivity contribution in [3.8, 4) is 28.1 Å². The van der Waals surface area contributed by atoms with Gasteiger partial charge >= 0.3 is 6.18 Å². The number of nitrogens with one attached hydrogen (secondary N) is 2. The summed E-state index contributed by atoms with van der Waals surface area (Å²) in [7, 11) is 0. The summed E-state index contributed by atoms with van der Waals surface area (Å²) in [6.45, 7) is 1.93. The Labute approximate surface area is 198 Å². The Kier molecular flexibility index (Phi) is 8.13. The van der Waals surface area contributed by atoms with Gasteiger partial charge in [0.2, 0.25) is 0 Å². The third-order valence-electron chi connectivity index (χ3n) is 5.19. The number of aromatic amines is 1. The van der Waals surface area contributed by atoms with Crippen LogP contribution >= 0.6 is 0 Å². The van der Waals surface area contributed by atoms with Crippen LogP contribution in [0, 0.1) is 12.7 Å². The van der Waals surface area contributed by atoms with Crippen LogP contribution in [-0.4, -0.2) is 23.6 Å². The molecule has 6 N–H and O–H groups in total. The number of hydrazine groups is 1. The number of amidine groups is 1. The van der Waals surface area contributed by atoms with Gasteiger partial charge in [-0.1, -0.05) is 29.8 Å². The molecule has 0 aliphatic carbocycles. The number of pyridine rings is 1. The number of alkyl halides is 3. The number of hydrogen-bond acceptors (Lipinski definition) is 5. The van der Waals surface area contributed by atoms with E-state index < -0.39 is 24.0 Å². The molecule has 7 nitrogen and oxygen atoms in total. The maximum atomic E-state index is 14.9. The van der Waals surface area contributed by atoms with Gasteiger partial charge in [0.15, 0.2) is 5.84 Å². The standard InChI is InChI=1S/C24H25F4N5O2/c1-14-4-6-15(7-5-14)18-13-20(31-23(34)21(18)22(29)32-33-30)17-9-8-16(12-19(17)25)35-11-3-2-10-24(26,27)28/h4-9,12-13,33H,2-3,10-11,30H2,1H3,(H2,29,32)(H,31,34). The average Bonchev–Trinajstić information content (AvgIpc) is 2.78. The minimum Gasteiger partial charge on any atom is -0.493 e. The van der Waals surface area contributed by atoms with Crippen molar-refractivity contribution in [2.75, 3.05) is 6.61 Å². The van der Waals surface area contributed by atoms with Crippen molar-refractivity contribution in [1.82, 2.24) is 10.5 Å². The van der Waals surface area contributed by atoms with Crippen molar-refractivity contribution in [2.24, 2.45) is 16.7 Å². The van der Waals surface area contributed by atoms with E-state index in [-0.39, 0.29) is 47.9 Å². The van der Waals surface area contributed by atoms with Gasteiger partial charge in [-0.3, -0.25) is 4.79 Å². The molecule has 0 fully saturated rings. The van der Waals surface area contributed by atoms with Gasteiger partial charge in [-0.25, -0.2) is 15.8 Å². The summed E-state index contributed by atoms with van der Waals surface area (Å²) in [5, 5.41) is 3.70. The molecule has 1 aromatic heterocycles. The number of aryl methyl sites for hydroxylation is 1. The summed E-state index contributed by atoms with van der Waals surface area (Å²) >= 11 is 0. The zero-order valence-electron chi connectivity index (χ0n) is 18.9. The molecule has 0 atom stereocenters. The van der Waals surface area contributed by atoms with Crippen molar-refractivity contribution in [3.63, 3.8) is 0 Å². The number of ether oxygens (including phenoxy) is 1. The summed E-state index contributed by atoms with van der Waals surface area (Å²) in [5.74, 6) is 4.55. The first-order valence-corrected chi connectivity index (χ1v) is 10.7. The second-order valence-corrected chi connectivity index (χ2v) is 7.86. The zero-order valence-corrected chi connectivity index (χ0v) is 18.9. The number of nitrogens with two attached hydrogens (primary N) is 2. The molecule has 0 aliphatic rings. The fourth-order valence-corrected chi connectivity index (χ4v) is 3.47. The minimum absolute atomic E-state index is 0.0196. The third kappa shape index (κ3) is 6.82. The van der Waals surface area contributed by atoms with Gasteiger partial charge in [0.25, 0.3) is 5.56 Å². The number of benzene rings is 2. The molecule has 0 unspecified atom stereocenters. The van der Waals surface area contributed by atoms with Gasteiger partial charge < -0.3 is 15.5 Å². The molecule has 35 heavy (non-hydrogen) atoms. The minimum atomic E-state index is -4.21. The Morgan fingerprint density at radius 2 is 1.80 bits per heavy atom. The van der Waals surface area contributed by atoms with E-state index in [1.807, 2.05) is 19.1 Å². The molecule has 0 bridgehead atoms. The summed E-state index contributed by atoms with van der Waals surface area (Å²) < 4.78 is 57.0. The van der Waals surface area contributed by atoms with Crippen molar-refractivity contribution < 1.29 is 22.3 Å². The van der Waals surface area contributed by atoms with Gasteiger partial charge in [-0.15, -0.1) is 5.10 Å². The van der Waals surface area contributed by atoms with Crippen LogP contribution in [0.5, 0.6) is 5.75 Å². The van der Waals surface area contributed by atoms with E-state index in [4.69, 9.17) is 16.3 Å². The Hall–Kier alpha value is -3.86. The SMILES string of the molecule is Cc1ccc(-c2cc(-c3ccc(OCCCCC(F)(F)F)cc3F)[nH]c(=O)c2/C(N)=N/NN)cc1. The van der Waals surface area contributed by atoms with Gasteiger partial charge in [0.05, 0.1) is 17.9 Å². The molecule has 2 aromatic carbocycles. The lowest BCUT2D eigenvalue weighted by Crippen LogP contribution is -2.29. The quantitative estimate of drug-likeness (QED) is 0.0886. The maximum absolute atomic E-state index is 14.9. The summed E-state index contributed by atoms with van der Waals surface area (Å²) in [5.41, 5.74) is 9.83. The molecule has 0 aliphatic heterocycles. The molecule has 1 heterocycles. The molecule has 11 heteroatoms. The van der Waals surface area contributed by atoms with Gasteiger partial charge in [-0.05, 0) is 43.5 Å². The van der Waals surface area contributed by atoms with Gasteiger partial charge in [0, 0.05) is 23.6 Å². The number of halogens is 4. The van der Waals surface area contributed by atoms with E-state index in [0.717, 1.165) is 11.6 Å². The number of unbranched alkanes of at least 4 members (excludes halogenated alkanes) is 1. The number of hydrogen-bond donors (Lipinski definition) is 4. The molecule has 0 radical (unpaired) electrons. The van der Waals surface area contributed by atoms with Crippen LogP contribution in [0.1, 0.15) is 30.4 Å². The molecule has 186 valence electrons. The monoisotopic (exact) mass is 491 g/mol. The van der Waals surface area contributed by atoms with E-state index >= 15 is 0 Å². The van der Waals surface area contributed by atoms with E-state index in [2.05, 4.69) is 15.6 Å². The van der Waals surface area contributed by atoms with E-state index in [1.54, 1.807) is 18.2 Å². The highest BCUT2D eigenvalue weighted by atomic mass is 19.4. The zero-order chi connectivity index (χ0) is 25.6. The first-order valence-electron chi connectivity index (χ1n) is 10.7. The van der Waals surface area contributed by atoms with Crippen molar-refractivity contribution in [3.05, 3.63) is 75.8 Å². The topological polar surface area (TPSA) is 119 Å². The highest BCUT2D eigenvalue weighted by Crippen LogP contribution is 2.30. The fraction of sp³-hybridized carbons (Fsp3) is 0.250. The second kappa shape index (κ2) is 11.0. The molecular formula is C24H25F4N5O2. The van der Waals surface area contributed by atoms with E-state index in [9.17, 15) is 22.4 Å². The van der Waals surface area contributed by atoms with Crippen LogP contribution in [0.25, 0.3) is 22.4 Å². The largest absolute Gasteiger partial charge is 0.493 e. The lowest BCUT2D eigenvalue weighted by atomic mass is 9.97. The third-order valence-corrected chi connectivity index (χ3v) is 5.19. The van der Waals surface area contributed by atoms with Crippen LogP contribution < -0.4 is 27.4 Å². The Morgan fingerprint density at radius 1 is 1.09 bits per heavy atom. The summed E-state index contributed by atoms with van der Waals surface area (Å²) in [6.07, 6.45) is -5.01. The highest BCUT2D eigenvalue weighted by Gasteiger charge is 2.25. The Morgan fingerprint density at radius 3 is 2.43 bits per heavy atom. The first kappa shape index (κ1) is 25.8. The average molecular weight is 491 g/mol. The van der Waals surface area contributed by atoms with Crippen LogP contribution in [0.15, 0.2) is 58.4 Å². The van der Waals surface area contributed by atoms with Gasteiger partial charge in [0.1, 0.15) is 11.6 Å². The molecule has 0 saturated heterocycles. The smallest absolute Gasteiger partial charge is 0.389 e. The molecule has 0 amide bonds. The normalized spacial score (nSPS) is 12.0. The molecule has 3 rings (SSSR count). The van der Waals surface area contributed by atoms with Crippen LogP contribution in [-0.2, 0) is 0 Å². The second-order valence-electron chi connectivity index (χ2n) is 7.86. The van der Waals surface area contributed by atoms with E-state index in [1.165, 1.54) is 12.1 Å². The number of nitrogens with zero attached hydrogens (tertiary/aromatic N) is 1. The Balaban J connectivity index is 1.91. The summed E-state index contributed by atoms with van der Waals surface area (Å²) in [6, 6.07) is 12.9. The first-order chi connectivity index (χ1) is 16.6. The number of aromatic nitrogens is 1. The molecular weight excluding hydrogens is 466 g/mol. The van der Waals surface area contributed by atoms with Crippen molar-refractivity contribution in [2.45, 2.75) is 32.4 Å². The van der Waals surface area contributed by atoms with Crippen molar-refractivity contribution >= 4 is 5.84 Å². The van der Waals surface area contributed by atoms with Crippen LogP contribution in [0.4, 0.5) is 17.6 Å². The van der Waals surface area contributed by atoms with Gasteiger partial charge in [-0.2, -0.15) is 13.2 Å². The van der Waals surface area contributed by atoms with Crippen LogP contribution in [0.2, 0.25) is 0 Å². The number of hydrazone groups is 1. The molecule has 3 aromatic rings. The lowest BCUT2D eigenvalue weighted by molar-refractivity contribution is -0.135. The number of H-pyrrole nitrogens is 1.